The number of pyridine rings is 1. The molecule has 0 spiro atoms. The molecule has 0 radical (unpaired) electrons. The molecule has 12 heteroatoms. The number of carboxylic acid groups (broad SMARTS) is 1. The molecule has 4 aromatic heterocycles. The Morgan fingerprint density at radius 2 is 2.00 bits per heavy atom. The molecule has 1 fully saturated rings. The number of carbonyl (C=O) groups is 1. The number of aryl methyl sites for hydroxylation is 1. The van der Waals surface area contributed by atoms with Crippen molar-refractivity contribution < 1.29 is 9.90 Å². The highest BCUT2D eigenvalue weighted by Gasteiger charge is 2.28. The Bertz CT molecular complexity index is 1650. The maximum atomic E-state index is 11.4. The van der Waals surface area contributed by atoms with Gasteiger partial charge in [0.15, 0.2) is 11.5 Å². The SMILES string of the molecule is Cc1cc(Nc2ncnc3cnc(N4CCN(C(=O)O)[C@H](C)C4)nc23)ccc1Cc1ccn2ncnc2c1. The highest BCUT2D eigenvalue weighted by Crippen LogP contribution is 2.26. The van der Waals surface area contributed by atoms with Gasteiger partial charge in [0.2, 0.25) is 5.95 Å². The summed E-state index contributed by atoms with van der Waals surface area (Å²) in [7, 11) is 0. The summed E-state index contributed by atoms with van der Waals surface area (Å²) in [5, 5.41) is 16.9. The summed E-state index contributed by atoms with van der Waals surface area (Å²) in [6.07, 6.45) is 6.52. The third-order valence-corrected chi connectivity index (χ3v) is 6.87. The predicted octanol–water partition coefficient (Wildman–Crippen LogP) is 3.29. The number of nitrogens with one attached hydrogen (secondary N) is 1. The van der Waals surface area contributed by atoms with E-state index >= 15 is 0 Å². The second kappa shape index (κ2) is 9.54. The van der Waals surface area contributed by atoms with Crippen molar-refractivity contribution in [1.82, 2.24) is 39.4 Å². The molecule has 192 valence electrons. The number of rotatable bonds is 5. The second-order valence-electron chi connectivity index (χ2n) is 9.44. The molecule has 1 aliphatic heterocycles. The Morgan fingerprint density at radius 1 is 1.11 bits per heavy atom. The summed E-state index contributed by atoms with van der Waals surface area (Å²) in [5.41, 5.74) is 6.48. The molecule has 1 saturated heterocycles. The summed E-state index contributed by atoms with van der Waals surface area (Å²) in [4.78, 5) is 37.1. The number of nitrogens with zero attached hydrogens (tertiary/aromatic N) is 9. The number of anilines is 3. The van der Waals surface area contributed by atoms with Crippen LogP contribution in [-0.4, -0.2) is 76.3 Å². The lowest BCUT2D eigenvalue weighted by atomic mass is 10.0. The van der Waals surface area contributed by atoms with Gasteiger partial charge in [0.1, 0.15) is 23.7 Å². The van der Waals surface area contributed by atoms with Crippen LogP contribution in [0.5, 0.6) is 0 Å². The van der Waals surface area contributed by atoms with E-state index in [4.69, 9.17) is 4.98 Å². The molecular weight excluding hydrogens is 484 g/mol. The maximum absolute atomic E-state index is 11.4. The Balaban J connectivity index is 1.23. The average molecular weight is 511 g/mol. The molecule has 0 saturated carbocycles. The number of benzene rings is 1. The van der Waals surface area contributed by atoms with Crippen LogP contribution in [0.1, 0.15) is 23.6 Å². The molecular formula is C26H26N10O2. The minimum Gasteiger partial charge on any atom is -0.465 e. The van der Waals surface area contributed by atoms with Gasteiger partial charge in [-0.3, -0.25) is 0 Å². The molecule has 0 bridgehead atoms. The number of aromatic nitrogens is 7. The van der Waals surface area contributed by atoms with Crippen LogP contribution >= 0.6 is 0 Å². The molecule has 1 amide bonds. The van der Waals surface area contributed by atoms with Crippen molar-refractivity contribution in [3.63, 3.8) is 0 Å². The number of hydrogen-bond donors (Lipinski definition) is 2. The minimum atomic E-state index is -0.908. The van der Waals surface area contributed by atoms with Crippen molar-refractivity contribution in [2.24, 2.45) is 0 Å². The van der Waals surface area contributed by atoms with Crippen molar-refractivity contribution in [3.05, 3.63) is 72.1 Å². The Kier molecular flexibility index (Phi) is 5.91. The standard InChI is InChI=1S/C26H26N10O2/c1-16-9-20(4-3-19(16)10-18-5-6-36-22(11-18)29-15-31-36)32-24-23-21(28-14-30-24)12-27-25(33-23)34-7-8-35(26(37)38)17(2)13-34/h3-6,9,11-12,14-15,17H,7-8,10,13H2,1-2H3,(H,37,38)(H,28,30,32)/t17-/m1/s1. The van der Waals surface area contributed by atoms with Gasteiger partial charge >= 0.3 is 6.09 Å². The summed E-state index contributed by atoms with van der Waals surface area (Å²) in [6.45, 7) is 5.40. The average Bonchev–Trinajstić information content (AvgIpc) is 3.38. The number of fused-ring (bicyclic) bond motifs is 2. The van der Waals surface area contributed by atoms with Crippen LogP contribution in [0.3, 0.4) is 0 Å². The van der Waals surface area contributed by atoms with Gasteiger partial charge in [-0.2, -0.15) is 5.10 Å². The summed E-state index contributed by atoms with van der Waals surface area (Å²) in [5.74, 6) is 1.11. The molecule has 5 aromatic rings. The monoisotopic (exact) mass is 510 g/mol. The van der Waals surface area contributed by atoms with Gasteiger partial charge in [0.05, 0.1) is 6.20 Å². The number of amides is 1. The largest absolute Gasteiger partial charge is 0.465 e. The highest BCUT2D eigenvalue weighted by molar-refractivity contribution is 5.87. The molecule has 6 rings (SSSR count). The van der Waals surface area contributed by atoms with E-state index in [1.54, 1.807) is 17.0 Å². The fraction of sp³-hybridized carbons (Fsp3) is 0.269. The van der Waals surface area contributed by atoms with Crippen LogP contribution in [0.15, 0.2) is 55.4 Å². The van der Waals surface area contributed by atoms with E-state index < -0.39 is 6.09 Å². The normalized spacial score (nSPS) is 15.8. The first-order valence-electron chi connectivity index (χ1n) is 12.3. The zero-order chi connectivity index (χ0) is 26.2. The summed E-state index contributed by atoms with van der Waals surface area (Å²) < 4.78 is 1.75. The van der Waals surface area contributed by atoms with Gasteiger partial charge in [0, 0.05) is 37.6 Å². The van der Waals surface area contributed by atoms with E-state index in [-0.39, 0.29) is 6.04 Å². The van der Waals surface area contributed by atoms with Crippen LogP contribution in [0.2, 0.25) is 0 Å². The van der Waals surface area contributed by atoms with Gasteiger partial charge in [-0.1, -0.05) is 6.07 Å². The van der Waals surface area contributed by atoms with Gasteiger partial charge in [-0.15, -0.1) is 0 Å². The zero-order valence-corrected chi connectivity index (χ0v) is 21.0. The first kappa shape index (κ1) is 23.5. The lowest BCUT2D eigenvalue weighted by molar-refractivity contribution is 0.122. The molecule has 0 aliphatic carbocycles. The third kappa shape index (κ3) is 4.51. The molecule has 0 unspecified atom stereocenters. The van der Waals surface area contributed by atoms with E-state index in [1.165, 1.54) is 22.4 Å². The summed E-state index contributed by atoms with van der Waals surface area (Å²) in [6, 6.07) is 10.2. The highest BCUT2D eigenvalue weighted by atomic mass is 16.4. The smallest absolute Gasteiger partial charge is 0.407 e. The Hall–Kier alpha value is -4.87. The van der Waals surface area contributed by atoms with Crippen molar-refractivity contribution in [2.45, 2.75) is 26.3 Å². The minimum absolute atomic E-state index is 0.162. The predicted molar refractivity (Wildman–Crippen MR) is 142 cm³/mol. The van der Waals surface area contributed by atoms with Gasteiger partial charge in [-0.05, 0) is 61.2 Å². The molecule has 1 atom stereocenters. The molecule has 1 aliphatic rings. The van der Waals surface area contributed by atoms with Gasteiger partial charge in [-0.25, -0.2) is 34.2 Å². The fourth-order valence-corrected chi connectivity index (χ4v) is 4.81. The maximum Gasteiger partial charge on any atom is 0.407 e. The first-order valence-corrected chi connectivity index (χ1v) is 12.3. The van der Waals surface area contributed by atoms with Crippen LogP contribution in [0.25, 0.3) is 16.7 Å². The molecule has 2 N–H and O–H groups in total. The number of piperazine rings is 1. The van der Waals surface area contributed by atoms with Crippen LogP contribution in [-0.2, 0) is 6.42 Å². The van der Waals surface area contributed by atoms with E-state index in [9.17, 15) is 9.90 Å². The third-order valence-electron chi connectivity index (χ3n) is 6.87. The van der Waals surface area contributed by atoms with Gasteiger partial charge < -0.3 is 20.2 Å². The van der Waals surface area contributed by atoms with Crippen LogP contribution in [0.4, 0.5) is 22.2 Å². The topological polar surface area (TPSA) is 138 Å². The number of hydrogen-bond acceptors (Lipinski definition) is 9. The van der Waals surface area contributed by atoms with E-state index in [0.717, 1.165) is 23.3 Å². The van der Waals surface area contributed by atoms with Crippen molar-refractivity contribution in [3.8, 4) is 0 Å². The first-order chi connectivity index (χ1) is 18.4. The lowest BCUT2D eigenvalue weighted by Gasteiger charge is -2.38. The van der Waals surface area contributed by atoms with Crippen molar-refractivity contribution >= 4 is 40.2 Å². The van der Waals surface area contributed by atoms with Crippen molar-refractivity contribution in [1.29, 1.82) is 0 Å². The fourth-order valence-electron chi connectivity index (χ4n) is 4.81. The lowest BCUT2D eigenvalue weighted by Crippen LogP contribution is -2.54. The zero-order valence-electron chi connectivity index (χ0n) is 21.0. The second-order valence-corrected chi connectivity index (χ2v) is 9.44. The van der Waals surface area contributed by atoms with E-state index in [2.05, 4.69) is 55.5 Å². The van der Waals surface area contributed by atoms with Gasteiger partial charge in [0.25, 0.3) is 0 Å². The van der Waals surface area contributed by atoms with E-state index in [1.807, 2.05) is 30.2 Å². The van der Waals surface area contributed by atoms with Crippen LogP contribution in [0, 0.1) is 6.92 Å². The molecule has 38 heavy (non-hydrogen) atoms. The van der Waals surface area contributed by atoms with Crippen LogP contribution < -0.4 is 10.2 Å². The molecule has 5 heterocycles. The molecule has 12 nitrogen and oxygen atoms in total. The van der Waals surface area contributed by atoms with Crippen molar-refractivity contribution in [2.75, 3.05) is 29.9 Å². The summed E-state index contributed by atoms with van der Waals surface area (Å²) >= 11 is 0. The Labute approximate surface area is 218 Å². The van der Waals surface area contributed by atoms with E-state index in [0.29, 0.717) is 42.4 Å². The quantitative estimate of drug-likeness (QED) is 0.362. The Morgan fingerprint density at radius 3 is 2.82 bits per heavy atom. The molecule has 1 aromatic carbocycles.